The van der Waals surface area contributed by atoms with Gasteiger partial charge in [0.1, 0.15) is 5.82 Å². The second kappa shape index (κ2) is 10.9. The molecule has 2 saturated heterocycles. The SMILES string of the molecule is CN=C(NCC1CCCN(C)C1)NC1CCN(c2ccccn2)CC1.I. The van der Waals surface area contributed by atoms with Gasteiger partial charge >= 0.3 is 0 Å². The number of nitrogens with zero attached hydrogens (tertiary/aromatic N) is 4. The minimum atomic E-state index is 0. The summed E-state index contributed by atoms with van der Waals surface area (Å²) in [7, 11) is 4.08. The Morgan fingerprint density at radius 2 is 2.04 bits per heavy atom. The average Bonchev–Trinajstić information content (AvgIpc) is 2.66. The third kappa shape index (κ3) is 6.26. The molecule has 0 saturated carbocycles. The summed E-state index contributed by atoms with van der Waals surface area (Å²) < 4.78 is 0. The summed E-state index contributed by atoms with van der Waals surface area (Å²) in [6.45, 7) is 5.51. The predicted octanol–water partition coefficient (Wildman–Crippen LogP) is 2.18. The first-order chi connectivity index (χ1) is 12.2. The van der Waals surface area contributed by atoms with Crippen LogP contribution in [0.15, 0.2) is 29.4 Å². The fourth-order valence-corrected chi connectivity index (χ4v) is 3.86. The molecule has 3 heterocycles. The molecule has 2 aliphatic rings. The number of aromatic nitrogens is 1. The van der Waals surface area contributed by atoms with Gasteiger partial charge in [-0.05, 0) is 57.3 Å². The van der Waals surface area contributed by atoms with E-state index in [1.807, 2.05) is 19.3 Å². The van der Waals surface area contributed by atoms with Crippen LogP contribution in [0.5, 0.6) is 0 Å². The molecular formula is C19H33IN6. The highest BCUT2D eigenvalue weighted by atomic mass is 127. The second-order valence-electron chi connectivity index (χ2n) is 7.32. The first-order valence-electron chi connectivity index (χ1n) is 9.56. The third-order valence-corrected chi connectivity index (χ3v) is 5.31. The maximum atomic E-state index is 4.46. The second-order valence-corrected chi connectivity index (χ2v) is 7.32. The van der Waals surface area contributed by atoms with Crippen LogP contribution in [0.3, 0.4) is 0 Å². The largest absolute Gasteiger partial charge is 0.356 e. The first kappa shape index (κ1) is 21.2. The summed E-state index contributed by atoms with van der Waals surface area (Å²) >= 11 is 0. The number of aliphatic imine (C=N–C) groups is 1. The van der Waals surface area contributed by atoms with Crippen molar-refractivity contribution in [1.82, 2.24) is 20.5 Å². The van der Waals surface area contributed by atoms with Crippen molar-refractivity contribution in [3.63, 3.8) is 0 Å². The van der Waals surface area contributed by atoms with Crippen molar-refractivity contribution < 1.29 is 0 Å². The fraction of sp³-hybridized carbons (Fsp3) is 0.684. The number of hydrogen-bond donors (Lipinski definition) is 2. The average molecular weight is 472 g/mol. The van der Waals surface area contributed by atoms with Gasteiger partial charge in [-0.25, -0.2) is 4.98 Å². The van der Waals surface area contributed by atoms with Gasteiger partial charge in [-0.1, -0.05) is 6.07 Å². The number of rotatable bonds is 4. The Morgan fingerprint density at radius 3 is 2.69 bits per heavy atom. The van der Waals surface area contributed by atoms with Crippen LogP contribution in [0.25, 0.3) is 0 Å². The van der Waals surface area contributed by atoms with E-state index in [4.69, 9.17) is 0 Å². The number of nitrogens with one attached hydrogen (secondary N) is 2. The molecular weight excluding hydrogens is 439 g/mol. The van der Waals surface area contributed by atoms with E-state index < -0.39 is 0 Å². The summed E-state index contributed by atoms with van der Waals surface area (Å²) in [5, 5.41) is 7.14. The van der Waals surface area contributed by atoms with Gasteiger partial charge in [-0.15, -0.1) is 24.0 Å². The molecule has 2 aliphatic heterocycles. The van der Waals surface area contributed by atoms with Gasteiger partial charge in [0.15, 0.2) is 5.96 Å². The molecule has 146 valence electrons. The van der Waals surface area contributed by atoms with Crippen LogP contribution in [-0.2, 0) is 0 Å². The lowest BCUT2D eigenvalue weighted by Gasteiger charge is -2.34. The summed E-state index contributed by atoms with van der Waals surface area (Å²) in [4.78, 5) is 13.7. The Balaban J connectivity index is 0.00000243. The molecule has 0 amide bonds. The Kier molecular flexibility index (Phi) is 8.90. The quantitative estimate of drug-likeness (QED) is 0.400. The van der Waals surface area contributed by atoms with E-state index in [-0.39, 0.29) is 24.0 Å². The molecule has 26 heavy (non-hydrogen) atoms. The molecule has 6 nitrogen and oxygen atoms in total. The molecule has 0 bridgehead atoms. The minimum Gasteiger partial charge on any atom is -0.356 e. The molecule has 3 rings (SSSR count). The molecule has 2 N–H and O–H groups in total. The highest BCUT2D eigenvalue weighted by Crippen LogP contribution is 2.17. The van der Waals surface area contributed by atoms with E-state index in [9.17, 15) is 0 Å². The molecule has 7 heteroatoms. The lowest BCUT2D eigenvalue weighted by Crippen LogP contribution is -2.50. The highest BCUT2D eigenvalue weighted by Gasteiger charge is 2.21. The number of hydrogen-bond acceptors (Lipinski definition) is 4. The molecule has 0 aliphatic carbocycles. The maximum Gasteiger partial charge on any atom is 0.191 e. The first-order valence-corrected chi connectivity index (χ1v) is 9.56. The van der Waals surface area contributed by atoms with Crippen LogP contribution < -0.4 is 15.5 Å². The smallest absolute Gasteiger partial charge is 0.191 e. The predicted molar refractivity (Wildman–Crippen MR) is 120 cm³/mol. The summed E-state index contributed by atoms with van der Waals surface area (Å²) in [6, 6.07) is 6.61. The van der Waals surface area contributed by atoms with E-state index in [0.717, 1.165) is 50.2 Å². The minimum absolute atomic E-state index is 0. The van der Waals surface area contributed by atoms with E-state index in [1.54, 1.807) is 0 Å². The van der Waals surface area contributed by atoms with Crippen molar-refractivity contribution in [2.45, 2.75) is 31.7 Å². The van der Waals surface area contributed by atoms with Crippen LogP contribution in [-0.4, -0.2) is 68.7 Å². The number of anilines is 1. The van der Waals surface area contributed by atoms with Gasteiger partial charge in [0.05, 0.1) is 0 Å². The van der Waals surface area contributed by atoms with E-state index in [2.05, 4.69) is 49.6 Å². The van der Waals surface area contributed by atoms with Crippen molar-refractivity contribution in [3.05, 3.63) is 24.4 Å². The zero-order chi connectivity index (χ0) is 17.5. The van der Waals surface area contributed by atoms with Gasteiger partial charge in [0.25, 0.3) is 0 Å². The topological polar surface area (TPSA) is 55.8 Å². The van der Waals surface area contributed by atoms with Crippen molar-refractivity contribution in [1.29, 1.82) is 0 Å². The van der Waals surface area contributed by atoms with E-state index >= 15 is 0 Å². The van der Waals surface area contributed by atoms with Crippen LogP contribution in [0.4, 0.5) is 5.82 Å². The lowest BCUT2D eigenvalue weighted by molar-refractivity contribution is 0.210. The molecule has 1 unspecified atom stereocenters. The Morgan fingerprint density at radius 1 is 1.23 bits per heavy atom. The normalized spacial score (nSPS) is 22.6. The maximum absolute atomic E-state index is 4.46. The van der Waals surface area contributed by atoms with Crippen molar-refractivity contribution >= 4 is 35.8 Å². The van der Waals surface area contributed by atoms with Crippen molar-refractivity contribution in [2.75, 3.05) is 51.7 Å². The Hall–Kier alpha value is -1.09. The van der Waals surface area contributed by atoms with Gasteiger partial charge in [0.2, 0.25) is 0 Å². The van der Waals surface area contributed by atoms with Gasteiger partial charge in [-0.2, -0.15) is 0 Å². The molecule has 0 spiro atoms. The van der Waals surface area contributed by atoms with Crippen molar-refractivity contribution in [2.24, 2.45) is 10.9 Å². The number of likely N-dealkylation sites (tertiary alicyclic amines) is 1. The van der Waals surface area contributed by atoms with Gasteiger partial charge in [-0.3, -0.25) is 4.99 Å². The summed E-state index contributed by atoms with van der Waals surface area (Å²) in [5.74, 6) is 2.76. The van der Waals surface area contributed by atoms with E-state index in [1.165, 1.54) is 25.9 Å². The van der Waals surface area contributed by atoms with Gasteiger partial charge < -0.3 is 20.4 Å². The third-order valence-electron chi connectivity index (χ3n) is 5.31. The van der Waals surface area contributed by atoms with Crippen LogP contribution in [0.1, 0.15) is 25.7 Å². The summed E-state index contributed by atoms with van der Waals surface area (Å²) in [6.07, 6.45) is 6.72. The Labute approximate surface area is 174 Å². The van der Waals surface area contributed by atoms with Crippen LogP contribution in [0.2, 0.25) is 0 Å². The van der Waals surface area contributed by atoms with Crippen LogP contribution >= 0.6 is 24.0 Å². The Bertz CT molecular complexity index is 544. The fourth-order valence-electron chi connectivity index (χ4n) is 3.86. The standard InChI is InChI=1S/C19H32N6.HI/c1-20-19(22-14-16-6-5-11-24(2)15-16)23-17-8-12-25(13-9-17)18-7-3-4-10-21-18;/h3-4,7,10,16-17H,5-6,8-9,11-15H2,1-2H3,(H2,20,22,23);1H. The molecule has 1 aromatic heterocycles. The van der Waals surface area contributed by atoms with Crippen molar-refractivity contribution in [3.8, 4) is 0 Å². The number of piperidine rings is 2. The molecule has 1 aromatic rings. The number of halogens is 1. The van der Waals surface area contributed by atoms with Crippen LogP contribution in [0, 0.1) is 5.92 Å². The molecule has 2 fully saturated rings. The molecule has 0 radical (unpaired) electrons. The molecule has 1 atom stereocenters. The molecule has 0 aromatic carbocycles. The summed E-state index contributed by atoms with van der Waals surface area (Å²) in [5.41, 5.74) is 0. The monoisotopic (exact) mass is 472 g/mol. The zero-order valence-corrected chi connectivity index (χ0v) is 18.4. The number of guanidine groups is 1. The lowest BCUT2D eigenvalue weighted by atomic mass is 9.98. The zero-order valence-electron chi connectivity index (χ0n) is 16.0. The van der Waals surface area contributed by atoms with Gasteiger partial charge in [0, 0.05) is 45.5 Å². The number of pyridine rings is 1. The highest BCUT2D eigenvalue weighted by molar-refractivity contribution is 14.0. The van der Waals surface area contributed by atoms with E-state index in [0.29, 0.717) is 6.04 Å².